The predicted octanol–water partition coefficient (Wildman–Crippen LogP) is 2.34. The summed E-state index contributed by atoms with van der Waals surface area (Å²) in [5, 5.41) is 11.0. The lowest BCUT2D eigenvalue weighted by molar-refractivity contribution is -0.144. The SMILES string of the molecule is CCOC(=O)CC(C)(NCc1nonc1C)c1ccccc1. The van der Waals surface area contributed by atoms with E-state index in [2.05, 4.69) is 15.6 Å². The van der Waals surface area contributed by atoms with Crippen molar-refractivity contribution >= 4 is 5.97 Å². The highest BCUT2D eigenvalue weighted by Gasteiger charge is 2.30. The van der Waals surface area contributed by atoms with E-state index < -0.39 is 5.54 Å². The summed E-state index contributed by atoms with van der Waals surface area (Å²) in [7, 11) is 0. The third-order valence-electron chi connectivity index (χ3n) is 3.61. The van der Waals surface area contributed by atoms with Gasteiger partial charge in [-0.25, -0.2) is 4.63 Å². The maximum atomic E-state index is 12.0. The smallest absolute Gasteiger partial charge is 0.307 e. The minimum atomic E-state index is -0.557. The van der Waals surface area contributed by atoms with E-state index in [0.717, 1.165) is 17.0 Å². The number of hydrogen-bond acceptors (Lipinski definition) is 6. The number of esters is 1. The van der Waals surface area contributed by atoms with Crippen LogP contribution < -0.4 is 5.32 Å². The fourth-order valence-electron chi connectivity index (χ4n) is 2.26. The molecule has 1 aromatic heterocycles. The van der Waals surface area contributed by atoms with Crippen molar-refractivity contribution in [1.29, 1.82) is 0 Å². The maximum absolute atomic E-state index is 12.0. The lowest BCUT2D eigenvalue weighted by Gasteiger charge is -2.30. The van der Waals surface area contributed by atoms with Crippen molar-refractivity contribution in [2.45, 2.75) is 39.3 Å². The normalized spacial score (nSPS) is 13.6. The van der Waals surface area contributed by atoms with Crippen molar-refractivity contribution in [3.8, 4) is 0 Å². The summed E-state index contributed by atoms with van der Waals surface area (Å²) in [6.45, 7) is 6.44. The van der Waals surface area contributed by atoms with E-state index in [0.29, 0.717) is 13.2 Å². The summed E-state index contributed by atoms with van der Waals surface area (Å²) < 4.78 is 9.80. The Kier molecular flexibility index (Phi) is 5.27. The first kappa shape index (κ1) is 16.2. The number of carbonyl (C=O) groups excluding carboxylic acids is 1. The van der Waals surface area contributed by atoms with Gasteiger partial charge in [0.2, 0.25) is 0 Å². The van der Waals surface area contributed by atoms with E-state index in [1.807, 2.05) is 44.2 Å². The number of carbonyl (C=O) groups is 1. The van der Waals surface area contributed by atoms with Gasteiger partial charge in [-0.3, -0.25) is 4.79 Å². The van der Waals surface area contributed by atoms with Crippen LogP contribution in [0.5, 0.6) is 0 Å². The number of rotatable bonds is 7. The summed E-state index contributed by atoms with van der Waals surface area (Å²) in [5.74, 6) is -0.239. The zero-order valence-electron chi connectivity index (χ0n) is 13.1. The molecule has 6 heteroatoms. The number of nitrogens with zero attached hydrogens (tertiary/aromatic N) is 2. The summed E-state index contributed by atoms with van der Waals surface area (Å²) in [6.07, 6.45) is 0.231. The largest absolute Gasteiger partial charge is 0.466 e. The molecule has 1 atom stereocenters. The van der Waals surface area contributed by atoms with Crippen LogP contribution in [0.4, 0.5) is 0 Å². The molecule has 118 valence electrons. The molecule has 0 bridgehead atoms. The van der Waals surface area contributed by atoms with Crippen LogP contribution in [-0.4, -0.2) is 22.9 Å². The van der Waals surface area contributed by atoms with Crippen molar-refractivity contribution in [1.82, 2.24) is 15.6 Å². The van der Waals surface area contributed by atoms with Crippen LogP contribution in [0.1, 0.15) is 37.2 Å². The second-order valence-corrected chi connectivity index (χ2v) is 5.33. The molecule has 0 aliphatic carbocycles. The third kappa shape index (κ3) is 3.92. The van der Waals surface area contributed by atoms with Crippen LogP contribution in [0.25, 0.3) is 0 Å². The van der Waals surface area contributed by atoms with Crippen LogP contribution in [0.15, 0.2) is 35.0 Å². The topological polar surface area (TPSA) is 77.2 Å². The summed E-state index contributed by atoms with van der Waals surface area (Å²) >= 11 is 0. The van der Waals surface area contributed by atoms with Crippen molar-refractivity contribution < 1.29 is 14.2 Å². The lowest BCUT2D eigenvalue weighted by Crippen LogP contribution is -2.41. The van der Waals surface area contributed by atoms with Gasteiger partial charge in [0.15, 0.2) is 0 Å². The zero-order valence-corrected chi connectivity index (χ0v) is 13.1. The highest BCUT2D eigenvalue weighted by Crippen LogP contribution is 2.25. The van der Waals surface area contributed by atoms with Crippen LogP contribution in [0.2, 0.25) is 0 Å². The zero-order chi connectivity index (χ0) is 16.0. The predicted molar refractivity (Wildman–Crippen MR) is 80.9 cm³/mol. The Morgan fingerprint density at radius 2 is 2.05 bits per heavy atom. The van der Waals surface area contributed by atoms with Gasteiger partial charge in [0, 0.05) is 6.54 Å². The van der Waals surface area contributed by atoms with E-state index in [-0.39, 0.29) is 12.4 Å². The lowest BCUT2D eigenvalue weighted by atomic mass is 9.88. The summed E-state index contributed by atoms with van der Waals surface area (Å²) in [6, 6.07) is 9.81. The molecule has 1 heterocycles. The van der Waals surface area contributed by atoms with Crippen LogP contribution in [0, 0.1) is 6.92 Å². The Morgan fingerprint density at radius 1 is 1.32 bits per heavy atom. The van der Waals surface area contributed by atoms with Crippen molar-refractivity contribution in [3.63, 3.8) is 0 Å². The van der Waals surface area contributed by atoms with E-state index >= 15 is 0 Å². The molecule has 1 unspecified atom stereocenters. The number of ether oxygens (including phenoxy) is 1. The van der Waals surface area contributed by atoms with Crippen LogP contribution in [-0.2, 0) is 21.6 Å². The van der Waals surface area contributed by atoms with Gasteiger partial charge in [-0.15, -0.1) is 0 Å². The first-order chi connectivity index (χ1) is 10.5. The number of benzene rings is 1. The minimum absolute atomic E-state index is 0.231. The number of nitrogens with one attached hydrogen (secondary N) is 1. The molecule has 1 aromatic carbocycles. The van der Waals surface area contributed by atoms with Gasteiger partial charge < -0.3 is 10.1 Å². The van der Waals surface area contributed by atoms with E-state index in [9.17, 15) is 4.79 Å². The Hall–Kier alpha value is -2.21. The molecule has 0 radical (unpaired) electrons. The molecule has 0 spiro atoms. The first-order valence-electron chi connectivity index (χ1n) is 7.29. The second kappa shape index (κ2) is 7.17. The molecule has 0 saturated carbocycles. The van der Waals surface area contributed by atoms with Gasteiger partial charge in [0.1, 0.15) is 11.4 Å². The fraction of sp³-hybridized carbons (Fsp3) is 0.438. The number of hydrogen-bond donors (Lipinski definition) is 1. The molecule has 2 aromatic rings. The second-order valence-electron chi connectivity index (χ2n) is 5.33. The minimum Gasteiger partial charge on any atom is -0.466 e. The standard InChI is InChI=1S/C16H21N3O3/c1-4-21-15(20)10-16(3,13-8-6-5-7-9-13)17-11-14-12(2)18-22-19-14/h5-9,17H,4,10-11H2,1-3H3. The highest BCUT2D eigenvalue weighted by atomic mass is 16.6. The first-order valence-corrected chi connectivity index (χ1v) is 7.29. The van der Waals surface area contributed by atoms with E-state index in [1.165, 1.54) is 0 Å². The fourth-order valence-corrected chi connectivity index (χ4v) is 2.26. The van der Waals surface area contributed by atoms with E-state index in [1.54, 1.807) is 6.92 Å². The molecule has 0 aliphatic rings. The number of aromatic nitrogens is 2. The molecule has 0 aliphatic heterocycles. The molecule has 22 heavy (non-hydrogen) atoms. The average Bonchev–Trinajstić information content (AvgIpc) is 2.92. The van der Waals surface area contributed by atoms with Gasteiger partial charge in [-0.2, -0.15) is 0 Å². The van der Waals surface area contributed by atoms with Gasteiger partial charge >= 0.3 is 5.97 Å². The summed E-state index contributed by atoms with van der Waals surface area (Å²) in [5.41, 5.74) is 1.92. The van der Waals surface area contributed by atoms with Gasteiger partial charge in [0.25, 0.3) is 0 Å². The monoisotopic (exact) mass is 303 g/mol. The Labute approximate surface area is 129 Å². The molecule has 0 saturated heterocycles. The Morgan fingerprint density at radius 3 is 2.64 bits per heavy atom. The Bertz CT molecular complexity index is 612. The molecule has 6 nitrogen and oxygen atoms in total. The van der Waals surface area contributed by atoms with Gasteiger partial charge in [0.05, 0.1) is 18.6 Å². The average molecular weight is 303 g/mol. The Balaban J connectivity index is 2.17. The van der Waals surface area contributed by atoms with Crippen molar-refractivity contribution in [3.05, 3.63) is 47.3 Å². The molecule has 1 N–H and O–H groups in total. The quantitative estimate of drug-likeness (QED) is 0.791. The van der Waals surface area contributed by atoms with Crippen LogP contribution >= 0.6 is 0 Å². The van der Waals surface area contributed by atoms with Crippen molar-refractivity contribution in [2.75, 3.05) is 6.61 Å². The van der Waals surface area contributed by atoms with Crippen molar-refractivity contribution in [2.24, 2.45) is 0 Å². The van der Waals surface area contributed by atoms with Gasteiger partial charge in [-0.05, 0) is 26.3 Å². The molecule has 0 amide bonds. The molecule has 2 rings (SSSR count). The summed E-state index contributed by atoms with van der Waals surface area (Å²) in [4.78, 5) is 12.0. The molecular formula is C16H21N3O3. The van der Waals surface area contributed by atoms with Gasteiger partial charge in [-0.1, -0.05) is 40.6 Å². The molecular weight excluding hydrogens is 282 g/mol. The molecule has 0 fully saturated rings. The van der Waals surface area contributed by atoms with E-state index in [4.69, 9.17) is 9.37 Å². The maximum Gasteiger partial charge on any atom is 0.307 e. The number of aryl methyl sites for hydroxylation is 1. The highest BCUT2D eigenvalue weighted by molar-refractivity contribution is 5.71. The third-order valence-corrected chi connectivity index (χ3v) is 3.61. The van der Waals surface area contributed by atoms with Crippen LogP contribution in [0.3, 0.4) is 0 Å².